The Kier molecular flexibility index (Phi) is 5.93. The van der Waals surface area contributed by atoms with E-state index >= 15 is 0 Å². The van der Waals surface area contributed by atoms with Crippen LogP contribution in [0.4, 0.5) is 4.39 Å². The standard InChI is InChI=1S/C27H25FN4O2/c1-16-2-6-19(7-3-16)25-24-23(22(14-29)26(30)34-27(24)32-31-25)18-8-12-21(13-9-18)33-15-17-4-10-20(28)11-5-17/h2-13,23-25,27,31-32H,15,30H2,1H3. The maximum absolute atomic E-state index is 13.1. The van der Waals surface area contributed by atoms with E-state index in [1.807, 2.05) is 24.3 Å². The number of nitriles is 1. The predicted molar refractivity (Wildman–Crippen MR) is 125 cm³/mol. The van der Waals surface area contributed by atoms with Gasteiger partial charge in [-0.3, -0.25) is 0 Å². The molecule has 0 saturated carbocycles. The molecule has 0 bridgehead atoms. The number of nitrogens with two attached hydrogens (primary N) is 1. The minimum atomic E-state index is -0.372. The van der Waals surface area contributed by atoms with Crippen molar-refractivity contribution in [2.75, 3.05) is 0 Å². The first-order chi connectivity index (χ1) is 16.5. The number of aryl methyl sites for hydroxylation is 1. The van der Waals surface area contributed by atoms with Gasteiger partial charge < -0.3 is 15.2 Å². The summed E-state index contributed by atoms with van der Waals surface area (Å²) in [6, 6.07) is 24.4. The molecular weight excluding hydrogens is 431 g/mol. The summed E-state index contributed by atoms with van der Waals surface area (Å²) in [6.07, 6.45) is -0.372. The zero-order chi connectivity index (χ0) is 23.7. The van der Waals surface area contributed by atoms with Gasteiger partial charge in [-0.05, 0) is 47.9 Å². The van der Waals surface area contributed by atoms with Crippen LogP contribution in [0.5, 0.6) is 5.75 Å². The van der Waals surface area contributed by atoms with Gasteiger partial charge in [-0.2, -0.15) is 5.26 Å². The van der Waals surface area contributed by atoms with Crippen molar-refractivity contribution in [1.82, 2.24) is 10.9 Å². The van der Waals surface area contributed by atoms with E-state index in [2.05, 4.69) is 48.1 Å². The summed E-state index contributed by atoms with van der Waals surface area (Å²) in [5.41, 5.74) is 17.2. The molecule has 1 fully saturated rings. The molecule has 2 heterocycles. The topological polar surface area (TPSA) is 92.3 Å². The molecular formula is C27H25FN4O2. The van der Waals surface area contributed by atoms with Crippen molar-refractivity contribution in [2.24, 2.45) is 11.7 Å². The lowest BCUT2D eigenvalue weighted by Crippen LogP contribution is -2.40. The molecule has 3 aromatic carbocycles. The van der Waals surface area contributed by atoms with Crippen LogP contribution in [-0.2, 0) is 11.3 Å². The Labute approximate surface area is 197 Å². The summed E-state index contributed by atoms with van der Waals surface area (Å²) < 4.78 is 24.8. The number of nitrogens with zero attached hydrogens (tertiary/aromatic N) is 1. The van der Waals surface area contributed by atoms with Crippen LogP contribution in [0.2, 0.25) is 0 Å². The summed E-state index contributed by atoms with van der Waals surface area (Å²) in [5, 5.41) is 9.93. The molecule has 1 saturated heterocycles. The number of ether oxygens (including phenoxy) is 2. The zero-order valence-electron chi connectivity index (χ0n) is 18.7. The number of hydrogen-bond acceptors (Lipinski definition) is 6. The number of fused-ring (bicyclic) bond motifs is 1. The molecule has 2 aliphatic heterocycles. The zero-order valence-corrected chi connectivity index (χ0v) is 18.7. The molecule has 6 nitrogen and oxygen atoms in total. The second kappa shape index (κ2) is 9.18. The molecule has 0 spiro atoms. The van der Waals surface area contributed by atoms with Gasteiger partial charge in [0.25, 0.3) is 0 Å². The summed E-state index contributed by atoms with van der Waals surface area (Å²) in [7, 11) is 0. The number of allylic oxidation sites excluding steroid dienone is 1. The molecule has 3 aromatic rings. The highest BCUT2D eigenvalue weighted by Crippen LogP contribution is 2.47. The summed E-state index contributed by atoms with van der Waals surface area (Å²) >= 11 is 0. The van der Waals surface area contributed by atoms with Gasteiger partial charge in [0.15, 0.2) is 6.23 Å². The fourth-order valence-electron chi connectivity index (χ4n) is 4.67. The normalized spacial score (nSPS) is 23.7. The van der Waals surface area contributed by atoms with Crippen molar-refractivity contribution in [3.63, 3.8) is 0 Å². The predicted octanol–water partition coefficient (Wildman–Crippen LogP) is 4.31. The first kappa shape index (κ1) is 22.0. The van der Waals surface area contributed by atoms with Gasteiger partial charge in [0, 0.05) is 11.8 Å². The minimum absolute atomic E-state index is 0.0681. The summed E-state index contributed by atoms with van der Waals surface area (Å²) in [6.45, 7) is 2.39. The van der Waals surface area contributed by atoms with Gasteiger partial charge in [0.05, 0.1) is 11.6 Å². The maximum Gasteiger partial charge on any atom is 0.200 e. The number of hydrazine groups is 1. The smallest absolute Gasteiger partial charge is 0.200 e. The van der Waals surface area contributed by atoms with Gasteiger partial charge >= 0.3 is 0 Å². The molecule has 5 rings (SSSR count). The molecule has 4 atom stereocenters. The van der Waals surface area contributed by atoms with Crippen LogP contribution in [0.15, 0.2) is 84.3 Å². The van der Waals surface area contributed by atoms with Crippen molar-refractivity contribution in [3.8, 4) is 11.8 Å². The van der Waals surface area contributed by atoms with Crippen molar-refractivity contribution >= 4 is 0 Å². The summed E-state index contributed by atoms with van der Waals surface area (Å²) in [5.74, 6) is 0.205. The molecule has 7 heteroatoms. The average molecular weight is 457 g/mol. The fourth-order valence-corrected chi connectivity index (χ4v) is 4.67. The Morgan fingerprint density at radius 2 is 1.65 bits per heavy atom. The Hall–Kier alpha value is -3.86. The van der Waals surface area contributed by atoms with Gasteiger partial charge in [-0.25, -0.2) is 15.2 Å². The molecule has 4 unspecified atom stereocenters. The van der Waals surface area contributed by atoms with E-state index in [1.54, 1.807) is 12.1 Å². The van der Waals surface area contributed by atoms with E-state index in [0.29, 0.717) is 17.9 Å². The first-order valence-corrected chi connectivity index (χ1v) is 11.1. The molecule has 0 amide bonds. The van der Waals surface area contributed by atoms with Gasteiger partial charge in [0.1, 0.15) is 24.2 Å². The van der Waals surface area contributed by atoms with E-state index < -0.39 is 0 Å². The van der Waals surface area contributed by atoms with Gasteiger partial charge in [-0.15, -0.1) is 0 Å². The maximum atomic E-state index is 13.1. The van der Waals surface area contributed by atoms with E-state index in [1.165, 1.54) is 17.7 Å². The van der Waals surface area contributed by atoms with Crippen LogP contribution in [-0.4, -0.2) is 6.23 Å². The Balaban J connectivity index is 1.42. The second-order valence-electron chi connectivity index (χ2n) is 8.64. The van der Waals surface area contributed by atoms with Gasteiger partial charge in [0.2, 0.25) is 5.88 Å². The highest BCUT2D eigenvalue weighted by Gasteiger charge is 2.49. The average Bonchev–Trinajstić information content (AvgIpc) is 3.27. The highest BCUT2D eigenvalue weighted by molar-refractivity contribution is 5.44. The largest absolute Gasteiger partial charge is 0.489 e. The van der Waals surface area contributed by atoms with Crippen LogP contribution in [0.1, 0.15) is 34.2 Å². The number of rotatable bonds is 5. The Morgan fingerprint density at radius 1 is 0.971 bits per heavy atom. The van der Waals surface area contributed by atoms with Crippen LogP contribution >= 0.6 is 0 Å². The summed E-state index contributed by atoms with van der Waals surface area (Å²) in [4.78, 5) is 0. The lowest BCUT2D eigenvalue weighted by Gasteiger charge is -2.36. The second-order valence-corrected chi connectivity index (χ2v) is 8.64. The Morgan fingerprint density at radius 3 is 2.32 bits per heavy atom. The monoisotopic (exact) mass is 456 g/mol. The third-order valence-corrected chi connectivity index (χ3v) is 6.45. The van der Waals surface area contributed by atoms with Gasteiger partial charge in [-0.1, -0.05) is 54.1 Å². The molecule has 0 aromatic heterocycles. The van der Waals surface area contributed by atoms with Crippen LogP contribution in [0.3, 0.4) is 0 Å². The number of nitrogens with one attached hydrogen (secondary N) is 2. The third-order valence-electron chi connectivity index (χ3n) is 6.45. The lowest BCUT2D eigenvalue weighted by atomic mass is 9.74. The minimum Gasteiger partial charge on any atom is -0.489 e. The fraction of sp³-hybridized carbons (Fsp3) is 0.222. The molecule has 0 radical (unpaired) electrons. The van der Waals surface area contributed by atoms with Crippen molar-refractivity contribution in [3.05, 3.63) is 112 Å². The first-order valence-electron chi connectivity index (χ1n) is 11.1. The molecule has 2 aliphatic rings. The lowest BCUT2D eigenvalue weighted by molar-refractivity contribution is 0.0340. The molecule has 34 heavy (non-hydrogen) atoms. The van der Waals surface area contributed by atoms with E-state index in [9.17, 15) is 9.65 Å². The SMILES string of the molecule is Cc1ccc(C2NNC3OC(N)=C(C#N)C(c4ccc(OCc5ccc(F)cc5)cc4)C32)cc1. The van der Waals surface area contributed by atoms with Crippen LogP contribution < -0.4 is 21.3 Å². The molecule has 172 valence electrons. The van der Waals surface area contributed by atoms with Crippen molar-refractivity contribution in [1.29, 1.82) is 5.26 Å². The molecule has 0 aliphatic carbocycles. The number of benzene rings is 3. The van der Waals surface area contributed by atoms with Crippen molar-refractivity contribution < 1.29 is 13.9 Å². The quantitative estimate of drug-likeness (QED) is 0.530. The number of hydrogen-bond donors (Lipinski definition) is 3. The Bertz CT molecular complexity index is 1230. The molecule has 4 N–H and O–H groups in total. The van der Waals surface area contributed by atoms with E-state index in [0.717, 1.165) is 16.7 Å². The van der Waals surface area contributed by atoms with E-state index in [4.69, 9.17) is 15.2 Å². The van der Waals surface area contributed by atoms with Crippen molar-refractivity contribution in [2.45, 2.75) is 31.7 Å². The van der Waals surface area contributed by atoms with E-state index in [-0.39, 0.29) is 35.8 Å². The van der Waals surface area contributed by atoms with Crippen LogP contribution in [0, 0.1) is 30.0 Å². The third kappa shape index (κ3) is 4.21. The number of halogens is 1. The highest BCUT2D eigenvalue weighted by atomic mass is 19.1. The van der Waals surface area contributed by atoms with Crippen LogP contribution in [0.25, 0.3) is 0 Å².